The minimum atomic E-state index is 0.115. The summed E-state index contributed by atoms with van der Waals surface area (Å²) in [5.41, 5.74) is 4.20. The molecule has 0 bridgehead atoms. The van der Waals surface area contributed by atoms with E-state index >= 15 is 0 Å². The van der Waals surface area contributed by atoms with Crippen molar-refractivity contribution < 1.29 is 0 Å². The van der Waals surface area contributed by atoms with Crippen LogP contribution in [0.4, 0.5) is 0 Å². The van der Waals surface area contributed by atoms with Gasteiger partial charge in [0.2, 0.25) is 0 Å². The van der Waals surface area contributed by atoms with Gasteiger partial charge in [-0.1, -0.05) is 39.0 Å². The minimum absolute atomic E-state index is 0.115. The van der Waals surface area contributed by atoms with Crippen LogP contribution < -0.4 is 0 Å². The fourth-order valence-corrected chi connectivity index (χ4v) is 2.46. The molecule has 0 aromatic heterocycles. The monoisotopic (exact) mass is 213 g/mol. The summed E-state index contributed by atoms with van der Waals surface area (Å²) >= 11 is 0. The molecule has 2 unspecified atom stereocenters. The van der Waals surface area contributed by atoms with E-state index in [0.717, 1.165) is 6.42 Å². The zero-order valence-corrected chi connectivity index (χ0v) is 10.5. The molecule has 1 saturated carbocycles. The molecule has 0 heterocycles. The molecule has 1 aromatic rings. The van der Waals surface area contributed by atoms with Crippen molar-refractivity contribution in [2.45, 2.75) is 45.4 Å². The molecule has 0 N–H and O–H groups in total. The van der Waals surface area contributed by atoms with Gasteiger partial charge in [-0.3, -0.25) is 0 Å². The lowest BCUT2D eigenvalue weighted by Gasteiger charge is -2.16. The SMILES string of the molecule is Cc1ccc(C(C)C)cc1C1(C)CC1C#N. The molecule has 0 radical (unpaired) electrons. The highest BCUT2D eigenvalue weighted by Gasteiger charge is 2.52. The Morgan fingerprint density at radius 2 is 2.12 bits per heavy atom. The Morgan fingerprint density at radius 1 is 1.44 bits per heavy atom. The van der Waals surface area contributed by atoms with E-state index < -0.39 is 0 Å². The Morgan fingerprint density at radius 3 is 2.62 bits per heavy atom. The van der Waals surface area contributed by atoms with Crippen molar-refractivity contribution in [2.75, 3.05) is 0 Å². The first-order valence-corrected chi connectivity index (χ1v) is 5.99. The first kappa shape index (κ1) is 11.2. The van der Waals surface area contributed by atoms with Crippen LogP contribution in [-0.2, 0) is 5.41 Å². The van der Waals surface area contributed by atoms with Gasteiger partial charge in [-0.25, -0.2) is 0 Å². The average Bonchev–Trinajstić information content (AvgIpc) is 2.91. The minimum Gasteiger partial charge on any atom is -0.198 e. The molecule has 1 aromatic carbocycles. The van der Waals surface area contributed by atoms with Gasteiger partial charge in [0.15, 0.2) is 0 Å². The number of aryl methyl sites for hydroxylation is 1. The van der Waals surface area contributed by atoms with Crippen molar-refractivity contribution >= 4 is 0 Å². The fourth-order valence-electron chi connectivity index (χ4n) is 2.46. The number of benzene rings is 1. The van der Waals surface area contributed by atoms with Gasteiger partial charge in [0, 0.05) is 5.41 Å². The van der Waals surface area contributed by atoms with Crippen molar-refractivity contribution in [1.29, 1.82) is 5.26 Å². The summed E-state index contributed by atoms with van der Waals surface area (Å²) in [6.45, 7) is 8.79. The van der Waals surface area contributed by atoms with Gasteiger partial charge < -0.3 is 0 Å². The number of rotatable bonds is 2. The smallest absolute Gasteiger partial charge is 0.0665 e. The maximum Gasteiger partial charge on any atom is 0.0665 e. The van der Waals surface area contributed by atoms with Crippen molar-refractivity contribution in [3.8, 4) is 6.07 Å². The zero-order chi connectivity index (χ0) is 11.9. The van der Waals surface area contributed by atoms with Crippen LogP contribution in [0.3, 0.4) is 0 Å². The summed E-state index contributed by atoms with van der Waals surface area (Å²) in [6, 6.07) is 9.11. The Kier molecular flexibility index (Phi) is 2.54. The van der Waals surface area contributed by atoms with Gasteiger partial charge >= 0.3 is 0 Å². The predicted octanol–water partition coefficient (Wildman–Crippen LogP) is 3.92. The number of nitrogens with zero attached hydrogens (tertiary/aromatic N) is 1. The van der Waals surface area contributed by atoms with E-state index in [1.165, 1.54) is 16.7 Å². The summed E-state index contributed by atoms with van der Waals surface area (Å²) in [6.07, 6.45) is 1.02. The van der Waals surface area contributed by atoms with E-state index in [2.05, 4.69) is 52.0 Å². The third-order valence-corrected chi connectivity index (χ3v) is 3.94. The number of hydrogen-bond donors (Lipinski definition) is 0. The third kappa shape index (κ3) is 1.63. The molecule has 2 atom stereocenters. The molecule has 2 rings (SSSR count). The number of nitriles is 1. The second kappa shape index (κ2) is 3.63. The average molecular weight is 213 g/mol. The quantitative estimate of drug-likeness (QED) is 0.730. The lowest BCUT2D eigenvalue weighted by atomic mass is 9.88. The third-order valence-electron chi connectivity index (χ3n) is 3.94. The molecule has 1 aliphatic rings. The molecule has 0 saturated heterocycles. The molecule has 1 heteroatoms. The van der Waals surface area contributed by atoms with Crippen molar-refractivity contribution in [1.82, 2.24) is 0 Å². The first-order valence-electron chi connectivity index (χ1n) is 5.99. The molecule has 1 aliphatic carbocycles. The molecule has 1 nitrogen and oxygen atoms in total. The van der Waals surface area contributed by atoms with Crippen LogP contribution in [0.15, 0.2) is 18.2 Å². The standard InChI is InChI=1S/C15H19N/c1-10(2)12-6-5-11(3)14(7-12)15(4)8-13(15)9-16/h5-7,10,13H,8H2,1-4H3. The van der Waals surface area contributed by atoms with Gasteiger partial charge in [-0.05, 0) is 36.0 Å². The number of hydrogen-bond acceptors (Lipinski definition) is 1. The summed E-state index contributed by atoms with van der Waals surface area (Å²) in [7, 11) is 0. The van der Waals surface area contributed by atoms with Crippen LogP contribution in [0, 0.1) is 24.2 Å². The van der Waals surface area contributed by atoms with E-state index in [9.17, 15) is 0 Å². The Labute approximate surface area is 98.1 Å². The summed E-state index contributed by atoms with van der Waals surface area (Å²) in [4.78, 5) is 0. The Balaban J connectivity index is 2.42. The lowest BCUT2D eigenvalue weighted by molar-refractivity contribution is 0.729. The highest BCUT2D eigenvalue weighted by Crippen LogP contribution is 2.54. The molecule has 0 aliphatic heterocycles. The summed E-state index contributed by atoms with van der Waals surface area (Å²) in [5, 5.41) is 9.02. The van der Waals surface area contributed by atoms with Crippen LogP contribution in [0.25, 0.3) is 0 Å². The summed E-state index contributed by atoms with van der Waals surface area (Å²) in [5.74, 6) is 0.774. The van der Waals surface area contributed by atoms with Crippen molar-refractivity contribution in [2.24, 2.45) is 5.92 Å². The first-order chi connectivity index (χ1) is 7.49. The van der Waals surface area contributed by atoms with Crippen molar-refractivity contribution in [3.63, 3.8) is 0 Å². The molecule has 84 valence electrons. The van der Waals surface area contributed by atoms with E-state index in [1.54, 1.807) is 0 Å². The van der Waals surface area contributed by atoms with E-state index in [4.69, 9.17) is 5.26 Å². The maximum atomic E-state index is 9.02. The van der Waals surface area contributed by atoms with E-state index in [-0.39, 0.29) is 11.3 Å². The molecular formula is C15H19N. The van der Waals surface area contributed by atoms with Crippen LogP contribution >= 0.6 is 0 Å². The molecule has 0 spiro atoms. The predicted molar refractivity (Wildman–Crippen MR) is 66.3 cm³/mol. The fraction of sp³-hybridized carbons (Fsp3) is 0.533. The second-order valence-corrected chi connectivity index (χ2v) is 5.53. The Hall–Kier alpha value is -1.29. The van der Waals surface area contributed by atoms with Gasteiger partial charge in [-0.15, -0.1) is 0 Å². The molecular weight excluding hydrogens is 194 g/mol. The Bertz CT molecular complexity index is 453. The lowest BCUT2D eigenvalue weighted by Crippen LogP contribution is -2.07. The van der Waals surface area contributed by atoms with Crippen LogP contribution in [-0.4, -0.2) is 0 Å². The van der Waals surface area contributed by atoms with Gasteiger partial charge in [-0.2, -0.15) is 5.26 Å². The highest BCUT2D eigenvalue weighted by atomic mass is 14.6. The van der Waals surface area contributed by atoms with Crippen molar-refractivity contribution in [3.05, 3.63) is 34.9 Å². The highest BCUT2D eigenvalue weighted by molar-refractivity contribution is 5.44. The second-order valence-electron chi connectivity index (χ2n) is 5.53. The summed E-state index contributed by atoms with van der Waals surface area (Å²) < 4.78 is 0. The maximum absolute atomic E-state index is 9.02. The van der Waals surface area contributed by atoms with E-state index in [0.29, 0.717) is 5.92 Å². The van der Waals surface area contributed by atoms with E-state index in [1.807, 2.05) is 0 Å². The topological polar surface area (TPSA) is 23.8 Å². The largest absolute Gasteiger partial charge is 0.198 e. The van der Waals surface area contributed by atoms with Gasteiger partial charge in [0.05, 0.1) is 12.0 Å². The van der Waals surface area contributed by atoms with Crippen LogP contribution in [0.2, 0.25) is 0 Å². The molecule has 16 heavy (non-hydrogen) atoms. The van der Waals surface area contributed by atoms with Gasteiger partial charge in [0.25, 0.3) is 0 Å². The van der Waals surface area contributed by atoms with Crippen LogP contribution in [0.1, 0.15) is 49.8 Å². The molecule has 0 amide bonds. The van der Waals surface area contributed by atoms with Crippen LogP contribution in [0.5, 0.6) is 0 Å². The van der Waals surface area contributed by atoms with Gasteiger partial charge in [0.1, 0.15) is 0 Å². The normalized spacial score (nSPS) is 27.9. The zero-order valence-electron chi connectivity index (χ0n) is 10.5. The molecule has 1 fully saturated rings.